The summed E-state index contributed by atoms with van der Waals surface area (Å²) < 4.78 is 2.18. The zero-order valence-electron chi connectivity index (χ0n) is 7.59. The van der Waals surface area contributed by atoms with Crippen LogP contribution in [-0.2, 0) is 0 Å². The van der Waals surface area contributed by atoms with Gasteiger partial charge in [0.1, 0.15) is 0 Å². The summed E-state index contributed by atoms with van der Waals surface area (Å²) in [5.74, 6) is 0. The molecular weight excluding hydrogens is 328 g/mol. The molecule has 0 saturated heterocycles. The van der Waals surface area contributed by atoms with E-state index >= 15 is 0 Å². The van der Waals surface area contributed by atoms with Crippen LogP contribution >= 0.6 is 43.2 Å². The van der Waals surface area contributed by atoms with Crippen LogP contribution in [0, 0.1) is 0 Å². The minimum atomic E-state index is 0.209. The highest BCUT2D eigenvalue weighted by molar-refractivity contribution is 9.13. The molecule has 78 valence electrons. The molecule has 2 nitrogen and oxygen atoms in total. The zero-order chi connectivity index (χ0) is 10.6. The van der Waals surface area contributed by atoms with Gasteiger partial charge in [-0.05, 0) is 37.9 Å². The van der Waals surface area contributed by atoms with E-state index < -0.39 is 0 Å². The Kier molecular flexibility index (Phi) is 5.33. The molecule has 1 unspecified atom stereocenters. The van der Waals surface area contributed by atoms with Gasteiger partial charge in [0.25, 0.3) is 0 Å². The minimum Gasteiger partial charge on any atom is -0.329 e. The molecule has 0 spiro atoms. The van der Waals surface area contributed by atoms with Crippen LogP contribution in [0.5, 0.6) is 0 Å². The van der Waals surface area contributed by atoms with E-state index in [0.29, 0.717) is 6.54 Å². The van der Waals surface area contributed by atoms with Gasteiger partial charge in [0, 0.05) is 22.4 Å². The minimum absolute atomic E-state index is 0.209. The van der Waals surface area contributed by atoms with E-state index in [-0.39, 0.29) is 6.04 Å². The van der Waals surface area contributed by atoms with Crippen molar-refractivity contribution in [3.63, 3.8) is 0 Å². The SMILES string of the molecule is C=CCNC(CN)c1cc(Br)c(Br)s1. The zero-order valence-corrected chi connectivity index (χ0v) is 11.6. The molecule has 0 aliphatic rings. The molecule has 0 saturated carbocycles. The van der Waals surface area contributed by atoms with Gasteiger partial charge in [-0.2, -0.15) is 0 Å². The van der Waals surface area contributed by atoms with Crippen molar-refractivity contribution < 1.29 is 0 Å². The predicted molar refractivity (Wildman–Crippen MR) is 69.7 cm³/mol. The Labute approximate surface area is 105 Å². The number of hydrogen-bond donors (Lipinski definition) is 2. The second-order valence-corrected chi connectivity index (χ2v) is 6.01. The molecule has 1 heterocycles. The van der Waals surface area contributed by atoms with Crippen LogP contribution in [0.15, 0.2) is 27.0 Å². The molecule has 1 aromatic heterocycles. The summed E-state index contributed by atoms with van der Waals surface area (Å²) in [4.78, 5) is 1.23. The summed E-state index contributed by atoms with van der Waals surface area (Å²) in [5.41, 5.74) is 5.68. The smallest absolute Gasteiger partial charge is 0.0843 e. The standard InChI is InChI=1S/C9H12Br2N2S/c1-2-3-13-7(5-12)8-4-6(10)9(11)14-8/h2,4,7,13H,1,3,5,12H2. The highest BCUT2D eigenvalue weighted by atomic mass is 79.9. The van der Waals surface area contributed by atoms with Gasteiger partial charge in [-0.15, -0.1) is 17.9 Å². The van der Waals surface area contributed by atoms with E-state index in [0.717, 1.165) is 14.8 Å². The third-order valence-electron chi connectivity index (χ3n) is 1.75. The van der Waals surface area contributed by atoms with Gasteiger partial charge in [-0.3, -0.25) is 0 Å². The Morgan fingerprint density at radius 3 is 2.79 bits per heavy atom. The number of nitrogens with two attached hydrogens (primary N) is 1. The normalized spacial score (nSPS) is 12.8. The van der Waals surface area contributed by atoms with Crippen molar-refractivity contribution in [2.45, 2.75) is 6.04 Å². The topological polar surface area (TPSA) is 38.0 Å². The lowest BCUT2D eigenvalue weighted by Crippen LogP contribution is -2.27. The Hall–Kier alpha value is 0.320. The number of halogens is 2. The van der Waals surface area contributed by atoms with Crippen molar-refractivity contribution in [1.82, 2.24) is 5.32 Å². The molecule has 3 N–H and O–H groups in total. The molecule has 0 fully saturated rings. The first kappa shape index (κ1) is 12.4. The Bertz CT molecular complexity index is 292. The summed E-state index contributed by atoms with van der Waals surface area (Å²) in [6.45, 7) is 5.03. The molecule has 0 amide bonds. The molecule has 14 heavy (non-hydrogen) atoms. The maximum Gasteiger partial charge on any atom is 0.0843 e. The summed E-state index contributed by atoms with van der Waals surface area (Å²) in [7, 11) is 0. The molecule has 0 radical (unpaired) electrons. The van der Waals surface area contributed by atoms with Crippen molar-refractivity contribution in [3.05, 3.63) is 31.9 Å². The maximum absolute atomic E-state index is 5.68. The Balaban J connectivity index is 2.73. The summed E-state index contributed by atoms with van der Waals surface area (Å²) in [5, 5.41) is 3.30. The second kappa shape index (κ2) is 6.02. The number of hydrogen-bond acceptors (Lipinski definition) is 3. The van der Waals surface area contributed by atoms with E-state index in [1.54, 1.807) is 11.3 Å². The fraction of sp³-hybridized carbons (Fsp3) is 0.333. The van der Waals surface area contributed by atoms with Gasteiger partial charge in [-0.25, -0.2) is 0 Å². The average Bonchev–Trinajstić information content (AvgIpc) is 2.48. The molecular formula is C9H12Br2N2S. The van der Waals surface area contributed by atoms with Crippen molar-refractivity contribution in [3.8, 4) is 0 Å². The van der Waals surface area contributed by atoms with Crippen molar-refractivity contribution in [2.75, 3.05) is 13.1 Å². The number of rotatable bonds is 5. The molecule has 1 aromatic rings. The van der Waals surface area contributed by atoms with Crippen molar-refractivity contribution >= 4 is 43.2 Å². The molecule has 1 atom stereocenters. The first-order valence-corrected chi connectivity index (χ1v) is 6.58. The number of thiophene rings is 1. The van der Waals surface area contributed by atoms with Crippen molar-refractivity contribution in [2.24, 2.45) is 5.73 Å². The fourth-order valence-electron chi connectivity index (χ4n) is 1.06. The highest BCUT2D eigenvalue weighted by Crippen LogP contribution is 2.35. The fourth-order valence-corrected chi connectivity index (χ4v) is 3.24. The van der Waals surface area contributed by atoms with Crippen LogP contribution in [0.2, 0.25) is 0 Å². The van der Waals surface area contributed by atoms with Crippen LogP contribution in [0.25, 0.3) is 0 Å². The average molecular weight is 340 g/mol. The van der Waals surface area contributed by atoms with Gasteiger partial charge < -0.3 is 11.1 Å². The van der Waals surface area contributed by atoms with Crippen LogP contribution < -0.4 is 11.1 Å². The van der Waals surface area contributed by atoms with Crippen LogP contribution in [0.1, 0.15) is 10.9 Å². The largest absolute Gasteiger partial charge is 0.329 e. The lowest BCUT2D eigenvalue weighted by molar-refractivity contribution is 0.586. The summed E-state index contributed by atoms with van der Waals surface area (Å²) in [6, 6.07) is 2.29. The molecule has 0 aliphatic heterocycles. The third kappa shape index (κ3) is 3.17. The Morgan fingerprint density at radius 1 is 1.64 bits per heavy atom. The lowest BCUT2D eigenvalue weighted by Gasteiger charge is -2.13. The highest BCUT2D eigenvalue weighted by Gasteiger charge is 2.12. The first-order valence-electron chi connectivity index (χ1n) is 4.18. The van der Waals surface area contributed by atoms with Crippen LogP contribution in [0.3, 0.4) is 0 Å². The first-order chi connectivity index (χ1) is 6.69. The van der Waals surface area contributed by atoms with Gasteiger partial charge in [0.05, 0.1) is 9.83 Å². The monoisotopic (exact) mass is 338 g/mol. The van der Waals surface area contributed by atoms with Gasteiger partial charge in [-0.1, -0.05) is 6.08 Å². The van der Waals surface area contributed by atoms with E-state index in [1.165, 1.54) is 4.88 Å². The Morgan fingerprint density at radius 2 is 2.36 bits per heavy atom. The van der Waals surface area contributed by atoms with E-state index in [9.17, 15) is 0 Å². The van der Waals surface area contributed by atoms with E-state index in [2.05, 4.69) is 49.8 Å². The molecule has 0 bridgehead atoms. The van der Waals surface area contributed by atoms with E-state index in [4.69, 9.17) is 5.73 Å². The van der Waals surface area contributed by atoms with Gasteiger partial charge in [0.15, 0.2) is 0 Å². The van der Waals surface area contributed by atoms with E-state index in [1.807, 2.05) is 6.08 Å². The molecule has 5 heteroatoms. The number of nitrogens with one attached hydrogen (secondary N) is 1. The second-order valence-electron chi connectivity index (χ2n) is 2.76. The third-order valence-corrected chi connectivity index (χ3v) is 5.12. The maximum atomic E-state index is 5.68. The van der Waals surface area contributed by atoms with Crippen molar-refractivity contribution in [1.29, 1.82) is 0 Å². The summed E-state index contributed by atoms with van der Waals surface area (Å²) in [6.07, 6.45) is 1.83. The molecule has 0 aliphatic carbocycles. The predicted octanol–water partition coefficient (Wildman–Crippen LogP) is 3.05. The van der Waals surface area contributed by atoms with Crippen LogP contribution in [-0.4, -0.2) is 13.1 Å². The summed E-state index contributed by atoms with van der Waals surface area (Å²) >= 11 is 8.61. The molecule has 0 aromatic carbocycles. The lowest BCUT2D eigenvalue weighted by atomic mass is 10.2. The van der Waals surface area contributed by atoms with Gasteiger partial charge >= 0.3 is 0 Å². The van der Waals surface area contributed by atoms with Gasteiger partial charge in [0.2, 0.25) is 0 Å². The quantitative estimate of drug-likeness (QED) is 0.809. The molecule has 1 rings (SSSR count). The van der Waals surface area contributed by atoms with Crippen LogP contribution in [0.4, 0.5) is 0 Å².